The van der Waals surface area contributed by atoms with Gasteiger partial charge >= 0.3 is 6.18 Å². The highest BCUT2D eigenvalue weighted by Gasteiger charge is 2.50. The van der Waals surface area contributed by atoms with Crippen LogP contribution < -0.4 is 10.1 Å². The summed E-state index contributed by atoms with van der Waals surface area (Å²) in [7, 11) is 3.17. The van der Waals surface area contributed by atoms with Gasteiger partial charge in [0.25, 0.3) is 0 Å². The molecule has 1 spiro atoms. The van der Waals surface area contributed by atoms with Crippen LogP contribution in [0.25, 0.3) is 11.1 Å². The molecule has 2 aliphatic rings. The normalized spacial score (nSPS) is 23.4. The number of hydrogen-bond donors (Lipinski definition) is 1. The lowest BCUT2D eigenvalue weighted by molar-refractivity contribution is -0.137. The van der Waals surface area contributed by atoms with Gasteiger partial charge in [0, 0.05) is 25.4 Å². The zero-order valence-corrected chi connectivity index (χ0v) is 18.4. The number of benzene rings is 1. The predicted molar refractivity (Wildman–Crippen MR) is 113 cm³/mol. The van der Waals surface area contributed by atoms with Gasteiger partial charge in [-0.15, -0.1) is 12.4 Å². The Bertz CT molecular complexity index is 998. The van der Waals surface area contributed by atoms with Crippen molar-refractivity contribution in [1.82, 2.24) is 15.2 Å². The van der Waals surface area contributed by atoms with E-state index >= 15 is 0 Å². The van der Waals surface area contributed by atoms with Crippen molar-refractivity contribution in [1.29, 1.82) is 0 Å². The third kappa shape index (κ3) is 4.11. The number of carbonyl (C=O) groups is 1. The summed E-state index contributed by atoms with van der Waals surface area (Å²) in [6.07, 6.45) is -0.427. The van der Waals surface area contributed by atoms with Gasteiger partial charge in [-0.25, -0.2) is 0 Å². The third-order valence-electron chi connectivity index (χ3n) is 6.24. The van der Waals surface area contributed by atoms with Gasteiger partial charge in [-0.1, -0.05) is 6.07 Å². The van der Waals surface area contributed by atoms with Crippen molar-refractivity contribution in [3.05, 3.63) is 47.3 Å². The molecule has 0 saturated carbocycles. The molecule has 0 bridgehead atoms. The number of aromatic nitrogens is 1. The SMILES string of the molecule is COc1cc(C(F)(F)F)ccc1-c1cc([C@H]2CC[C@]3(CCN(C)C3=O)N2)ncc1C.Cl. The summed E-state index contributed by atoms with van der Waals surface area (Å²) in [5.41, 5.74) is 1.67. The van der Waals surface area contributed by atoms with Crippen LogP contribution in [0.5, 0.6) is 5.75 Å². The maximum Gasteiger partial charge on any atom is 0.416 e. The monoisotopic (exact) mass is 455 g/mol. The number of halogens is 4. The molecule has 1 aromatic heterocycles. The van der Waals surface area contributed by atoms with Crippen LogP contribution in [0.2, 0.25) is 0 Å². The number of likely N-dealkylation sites (tertiary alicyclic amines) is 1. The van der Waals surface area contributed by atoms with Crippen LogP contribution in [-0.4, -0.2) is 42.0 Å². The van der Waals surface area contributed by atoms with Crippen LogP contribution in [-0.2, 0) is 11.0 Å². The molecule has 2 saturated heterocycles. The number of pyridine rings is 1. The Hall–Kier alpha value is -2.32. The summed E-state index contributed by atoms with van der Waals surface area (Å²) in [6.45, 7) is 2.59. The molecule has 0 aliphatic carbocycles. The third-order valence-corrected chi connectivity index (χ3v) is 6.24. The van der Waals surface area contributed by atoms with E-state index < -0.39 is 17.3 Å². The van der Waals surface area contributed by atoms with Crippen molar-refractivity contribution < 1.29 is 22.7 Å². The van der Waals surface area contributed by atoms with E-state index in [0.717, 1.165) is 54.8 Å². The van der Waals surface area contributed by atoms with E-state index in [4.69, 9.17) is 4.74 Å². The summed E-state index contributed by atoms with van der Waals surface area (Å²) in [6, 6.07) is 5.32. The van der Waals surface area contributed by atoms with E-state index in [1.807, 2.05) is 20.0 Å². The summed E-state index contributed by atoms with van der Waals surface area (Å²) in [5, 5.41) is 3.48. The topological polar surface area (TPSA) is 54.5 Å². The molecule has 4 rings (SSSR count). The molecule has 3 heterocycles. The first-order valence-electron chi connectivity index (χ1n) is 9.90. The quantitative estimate of drug-likeness (QED) is 0.738. The minimum Gasteiger partial charge on any atom is -0.496 e. The number of rotatable bonds is 3. The standard InChI is InChI=1S/C22H24F3N3O2.ClH/c1-13-12-26-18(17-6-7-21(27-17)8-9-28(2)20(21)29)11-16(13)15-5-4-14(22(23,24)25)10-19(15)30-3;/h4-5,10-12,17,27H,6-9H2,1-3H3;1H/t17-,21-;/m1./s1. The van der Waals surface area contributed by atoms with Crippen LogP contribution in [0.15, 0.2) is 30.5 Å². The molecule has 168 valence electrons. The Kier molecular flexibility index (Phi) is 6.26. The highest BCUT2D eigenvalue weighted by molar-refractivity contribution is 5.88. The van der Waals surface area contributed by atoms with E-state index in [0.29, 0.717) is 5.56 Å². The molecule has 2 fully saturated rings. The smallest absolute Gasteiger partial charge is 0.416 e. The van der Waals surface area contributed by atoms with Crippen LogP contribution >= 0.6 is 12.4 Å². The number of carbonyl (C=O) groups excluding carboxylic acids is 1. The van der Waals surface area contributed by atoms with Crippen molar-refractivity contribution in [3.8, 4) is 16.9 Å². The average molecular weight is 456 g/mol. The number of nitrogens with one attached hydrogen (secondary N) is 1. The molecule has 9 heteroatoms. The second-order valence-corrected chi connectivity index (χ2v) is 8.13. The van der Waals surface area contributed by atoms with E-state index in [2.05, 4.69) is 10.3 Å². The molecule has 5 nitrogen and oxygen atoms in total. The maximum atomic E-state index is 13.1. The molecular weight excluding hydrogens is 431 g/mol. The second kappa shape index (κ2) is 8.31. The van der Waals surface area contributed by atoms with E-state index in [1.165, 1.54) is 13.2 Å². The Morgan fingerprint density at radius 1 is 1.23 bits per heavy atom. The lowest BCUT2D eigenvalue weighted by Gasteiger charge is -2.23. The fourth-order valence-corrected chi connectivity index (χ4v) is 4.50. The molecule has 1 N–H and O–H groups in total. The Labute approximate surface area is 185 Å². The molecule has 1 amide bonds. The van der Waals surface area contributed by atoms with Gasteiger partial charge in [0.05, 0.1) is 24.4 Å². The number of likely N-dealkylation sites (N-methyl/N-ethyl adjacent to an activating group) is 1. The van der Waals surface area contributed by atoms with Crippen LogP contribution in [0.1, 0.15) is 42.1 Å². The number of amides is 1. The van der Waals surface area contributed by atoms with Gasteiger partial charge < -0.3 is 9.64 Å². The largest absolute Gasteiger partial charge is 0.496 e. The molecule has 1 aromatic carbocycles. The van der Waals surface area contributed by atoms with Crippen LogP contribution in [0.3, 0.4) is 0 Å². The molecule has 0 radical (unpaired) electrons. The van der Waals surface area contributed by atoms with Gasteiger partial charge in [-0.05, 0) is 55.5 Å². The molecule has 0 unspecified atom stereocenters. The Balaban J connectivity index is 0.00000272. The summed E-state index contributed by atoms with van der Waals surface area (Å²) < 4.78 is 44.5. The minimum atomic E-state index is -4.44. The fourth-order valence-electron chi connectivity index (χ4n) is 4.50. The number of aryl methyl sites for hydroxylation is 1. The fraction of sp³-hybridized carbons (Fsp3) is 0.455. The summed E-state index contributed by atoms with van der Waals surface area (Å²) in [4.78, 5) is 18.9. The van der Waals surface area contributed by atoms with Crippen molar-refractivity contribution in [2.75, 3.05) is 20.7 Å². The average Bonchev–Trinajstić information content (AvgIpc) is 3.27. The molecular formula is C22H25ClF3N3O2. The zero-order chi connectivity index (χ0) is 21.7. The van der Waals surface area contributed by atoms with Gasteiger partial charge in [0.15, 0.2) is 0 Å². The number of alkyl halides is 3. The summed E-state index contributed by atoms with van der Waals surface area (Å²) >= 11 is 0. The van der Waals surface area contributed by atoms with Crippen LogP contribution in [0, 0.1) is 6.92 Å². The minimum absolute atomic E-state index is 0. The number of methoxy groups -OCH3 is 1. The van der Waals surface area contributed by atoms with Crippen molar-refractivity contribution in [2.24, 2.45) is 0 Å². The van der Waals surface area contributed by atoms with Crippen molar-refractivity contribution in [3.63, 3.8) is 0 Å². The highest BCUT2D eigenvalue weighted by atomic mass is 35.5. The van der Waals surface area contributed by atoms with E-state index in [1.54, 1.807) is 11.1 Å². The zero-order valence-electron chi connectivity index (χ0n) is 17.5. The van der Waals surface area contributed by atoms with E-state index in [-0.39, 0.29) is 30.1 Å². The summed E-state index contributed by atoms with van der Waals surface area (Å²) in [5.74, 6) is 0.273. The number of hydrogen-bond acceptors (Lipinski definition) is 4. The predicted octanol–water partition coefficient (Wildman–Crippen LogP) is 4.53. The molecule has 2 aliphatic heterocycles. The lowest BCUT2D eigenvalue weighted by Crippen LogP contribution is -2.47. The first kappa shape index (κ1) is 23.3. The molecule has 2 atom stereocenters. The van der Waals surface area contributed by atoms with E-state index in [9.17, 15) is 18.0 Å². The maximum absolute atomic E-state index is 13.1. The lowest BCUT2D eigenvalue weighted by atomic mass is 9.95. The molecule has 2 aromatic rings. The first-order valence-corrected chi connectivity index (χ1v) is 9.90. The van der Waals surface area contributed by atoms with Gasteiger partial charge in [-0.3, -0.25) is 15.1 Å². The highest BCUT2D eigenvalue weighted by Crippen LogP contribution is 2.41. The number of nitrogens with zero attached hydrogens (tertiary/aromatic N) is 2. The number of ether oxygens (including phenoxy) is 1. The first-order chi connectivity index (χ1) is 14.1. The second-order valence-electron chi connectivity index (χ2n) is 8.13. The van der Waals surface area contributed by atoms with Gasteiger partial charge in [0.1, 0.15) is 11.3 Å². The molecule has 31 heavy (non-hydrogen) atoms. The Morgan fingerprint density at radius 2 is 1.97 bits per heavy atom. The van der Waals surface area contributed by atoms with Crippen molar-refractivity contribution in [2.45, 2.75) is 43.9 Å². The van der Waals surface area contributed by atoms with Crippen molar-refractivity contribution >= 4 is 18.3 Å². The van der Waals surface area contributed by atoms with Gasteiger partial charge in [0.2, 0.25) is 5.91 Å². The van der Waals surface area contributed by atoms with Crippen LogP contribution in [0.4, 0.5) is 13.2 Å². The van der Waals surface area contributed by atoms with Gasteiger partial charge in [-0.2, -0.15) is 13.2 Å². The Morgan fingerprint density at radius 3 is 2.58 bits per heavy atom.